The minimum atomic E-state index is -0.135. The fourth-order valence-corrected chi connectivity index (χ4v) is 3.90. The number of carbonyl (C=O) groups excluding carboxylic acids is 1. The van der Waals surface area contributed by atoms with Gasteiger partial charge in [0.05, 0.1) is 11.3 Å². The smallest absolute Gasteiger partial charge is 0.256 e. The summed E-state index contributed by atoms with van der Waals surface area (Å²) in [5, 5.41) is 12.1. The Kier molecular flexibility index (Phi) is 5.37. The van der Waals surface area contributed by atoms with Gasteiger partial charge in [-0.1, -0.05) is 6.07 Å². The highest BCUT2D eigenvalue weighted by Gasteiger charge is 2.12. The van der Waals surface area contributed by atoms with Crippen LogP contribution in [0, 0.1) is 21.0 Å². The third-order valence-corrected chi connectivity index (χ3v) is 6.14. The van der Waals surface area contributed by atoms with E-state index in [0.717, 1.165) is 23.9 Å². The van der Waals surface area contributed by atoms with Crippen LogP contribution in [0.25, 0.3) is 16.7 Å². The Morgan fingerprint density at radius 2 is 1.68 bits per heavy atom. The van der Waals surface area contributed by atoms with Gasteiger partial charge in [-0.15, -0.1) is 10.2 Å². The second kappa shape index (κ2) is 7.78. The van der Waals surface area contributed by atoms with Gasteiger partial charge in [-0.25, -0.2) is 0 Å². The number of anilines is 1. The van der Waals surface area contributed by atoms with E-state index < -0.39 is 0 Å². The SMILES string of the molecule is Cc1ccc(-n2nc3ccc(NC(=O)c4cc(I)ccc4I)cc3n2)cc1C. The van der Waals surface area contributed by atoms with E-state index in [1.807, 2.05) is 42.5 Å². The molecule has 0 atom stereocenters. The highest BCUT2D eigenvalue weighted by Crippen LogP contribution is 2.21. The maximum absolute atomic E-state index is 12.7. The Morgan fingerprint density at radius 1 is 0.893 bits per heavy atom. The molecular weight excluding hydrogens is 578 g/mol. The van der Waals surface area contributed by atoms with Crippen molar-refractivity contribution in [3.05, 3.63) is 78.4 Å². The van der Waals surface area contributed by atoms with E-state index in [1.54, 1.807) is 4.80 Å². The zero-order valence-electron chi connectivity index (χ0n) is 15.2. The maximum atomic E-state index is 12.7. The van der Waals surface area contributed by atoms with Crippen molar-refractivity contribution in [3.63, 3.8) is 0 Å². The molecule has 0 saturated carbocycles. The van der Waals surface area contributed by atoms with E-state index in [0.29, 0.717) is 11.3 Å². The summed E-state index contributed by atoms with van der Waals surface area (Å²) in [6.45, 7) is 4.15. The molecule has 3 aromatic carbocycles. The van der Waals surface area contributed by atoms with Gasteiger partial charge in [0.15, 0.2) is 0 Å². The zero-order chi connectivity index (χ0) is 19.8. The summed E-state index contributed by atoms with van der Waals surface area (Å²) in [5.41, 5.74) is 6.20. The van der Waals surface area contributed by atoms with Crippen LogP contribution in [-0.2, 0) is 0 Å². The topological polar surface area (TPSA) is 59.8 Å². The number of nitrogens with zero attached hydrogens (tertiary/aromatic N) is 3. The van der Waals surface area contributed by atoms with Crippen molar-refractivity contribution in [2.75, 3.05) is 5.32 Å². The largest absolute Gasteiger partial charge is 0.322 e. The van der Waals surface area contributed by atoms with Crippen LogP contribution in [0.1, 0.15) is 21.5 Å². The Labute approximate surface area is 189 Å². The lowest BCUT2D eigenvalue weighted by Gasteiger charge is -2.07. The van der Waals surface area contributed by atoms with Crippen molar-refractivity contribution in [1.82, 2.24) is 15.0 Å². The molecule has 4 aromatic rings. The first-order chi connectivity index (χ1) is 13.4. The number of halogens is 2. The molecule has 0 saturated heterocycles. The minimum Gasteiger partial charge on any atom is -0.322 e. The lowest BCUT2D eigenvalue weighted by atomic mass is 10.1. The summed E-state index contributed by atoms with van der Waals surface area (Å²) in [5.74, 6) is -0.135. The molecule has 1 heterocycles. The molecule has 1 N–H and O–H groups in total. The van der Waals surface area contributed by atoms with Crippen molar-refractivity contribution in [2.45, 2.75) is 13.8 Å². The van der Waals surface area contributed by atoms with Gasteiger partial charge in [0.25, 0.3) is 5.91 Å². The summed E-state index contributed by atoms with van der Waals surface area (Å²) in [7, 11) is 0. The van der Waals surface area contributed by atoms with Crippen molar-refractivity contribution < 1.29 is 4.79 Å². The van der Waals surface area contributed by atoms with Gasteiger partial charge >= 0.3 is 0 Å². The molecule has 140 valence electrons. The van der Waals surface area contributed by atoms with Gasteiger partial charge in [0, 0.05) is 12.8 Å². The van der Waals surface area contributed by atoms with Gasteiger partial charge in [0.1, 0.15) is 11.0 Å². The Balaban J connectivity index is 1.63. The first-order valence-corrected chi connectivity index (χ1v) is 10.8. The number of aryl methyl sites for hydroxylation is 2. The molecule has 4 rings (SSSR count). The number of benzene rings is 3. The summed E-state index contributed by atoms with van der Waals surface area (Å²) in [6.07, 6.45) is 0. The van der Waals surface area contributed by atoms with Crippen LogP contribution in [0.2, 0.25) is 0 Å². The van der Waals surface area contributed by atoms with Crippen LogP contribution in [0.15, 0.2) is 54.6 Å². The zero-order valence-corrected chi connectivity index (χ0v) is 19.5. The van der Waals surface area contributed by atoms with E-state index in [1.165, 1.54) is 11.1 Å². The number of carbonyl (C=O) groups is 1. The molecular formula is C21H16I2N4O. The molecule has 1 amide bonds. The number of amides is 1. The number of rotatable bonds is 3. The normalized spacial score (nSPS) is 11.0. The number of aromatic nitrogens is 3. The first kappa shape index (κ1) is 19.3. The number of fused-ring (bicyclic) bond motifs is 1. The predicted molar refractivity (Wildman–Crippen MR) is 128 cm³/mol. The molecule has 5 nitrogen and oxygen atoms in total. The van der Waals surface area contributed by atoms with E-state index in [4.69, 9.17) is 0 Å². The molecule has 0 aliphatic heterocycles. The Bertz CT molecular complexity index is 1220. The highest BCUT2D eigenvalue weighted by molar-refractivity contribution is 14.1. The second-order valence-corrected chi connectivity index (χ2v) is 8.95. The van der Waals surface area contributed by atoms with Crippen molar-refractivity contribution in [2.24, 2.45) is 0 Å². The fourth-order valence-electron chi connectivity index (χ4n) is 2.83. The monoisotopic (exact) mass is 594 g/mol. The van der Waals surface area contributed by atoms with E-state index >= 15 is 0 Å². The molecule has 28 heavy (non-hydrogen) atoms. The molecule has 7 heteroatoms. The molecule has 0 spiro atoms. The van der Waals surface area contributed by atoms with Crippen molar-refractivity contribution >= 4 is 67.8 Å². The third kappa shape index (κ3) is 3.90. The molecule has 0 unspecified atom stereocenters. The van der Waals surface area contributed by atoms with Crippen LogP contribution in [0.5, 0.6) is 0 Å². The van der Waals surface area contributed by atoms with Crippen LogP contribution in [0.3, 0.4) is 0 Å². The number of hydrogen-bond donors (Lipinski definition) is 1. The van der Waals surface area contributed by atoms with Gasteiger partial charge in [-0.2, -0.15) is 4.80 Å². The van der Waals surface area contributed by atoms with Crippen LogP contribution in [0.4, 0.5) is 5.69 Å². The Hall–Kier alpha value is -2.01. The standard InChI is InChI=1S/C21H16I2N4O/c1-12-3-6-16(9-13(12)2)27-25-19-8-5-15(11-20(19)26-27)24-21(28)17-10-14(22)4-7-18(17)23/h3-11H,1-2H3,(H,24,28). The first-order valence-electron chi connectivity index (χ1n) is 8.62. The van der Waals surface area contributed by atoms with E-state index in [2.05, 4.69) is 86.7 Å². The number of nitrogens with one attached hydrogen (secondary N) is 1. The van der Waals surface area contributed by atoms with E-state index in [9.17, 15) is 4.79 Å². The number of hydrogen-bond acceptors (Lipinski definition) is 3. The maximum Gasteiger partial charge on any atom is 0.256 e. The minimum absolute atomic E-state index is 0.135. The van der Waals surface area contributed by atoms with Gasteiger partial charge in [-0.05, 0) is 119 Å². The summed E-state index contributed by atoms with van der Waals surface area (Å²) >= 11 is 4.38. The van der Waals surface area contributed by atoms with Gasteiger partial charge < -0.3 is 5.32 Å². The van der Waals surface area contributed by atoms with Crippen molar-refractivity contribution in [1.29, 1.82) is 0 Å². The van der Waals surface area contributed by atoms with Crippen molar-refractivity contribution in [3.8, 4) is 5.69 Å². The molecule has 0 fully saturated rings. The molecule has 0 aliphatic carbocycles. The molecule has 0 aliphatic rings. The van der Waals surface area contributed by atoms with Crippen LogP contribution in [-0.4, -0.2) is 20.9 Å². The molecule has 1 aromatic heterocycles. The molecule has 0 radical (unpaired) electrons. The third-order valence-electron chi connectivity index (χ3n) is 4.53. The summed E-state index contributed by atoms with van der Waals surface area (Å²) < 4.78 is 1.94. The summed E-state index contributed by atoms with van der Waals surface area (Å²) in [6, 6.07) is 17.5. The van der Waals surface area contributed by atoms with Crippen LogP contribution >= 0.6 is 45.2 Å². The predicted octanol–water partition coefficient (Wildman–Crippen LogP) is 5.50. The lowest BCUT2D eigenvalue weighted by Crippen LogP contribution is -2.13. The summed E-state index contributed by atoms with van der Waals surface area (Å²) in [4.78, 5) is 14.3. The quantitative estimate of drug-likeness (QED) is 0.319. The molecule has 0 bridgehead atoms. The lowest BCUT2D eigenvalue weighted by molar-refractivity contribution is 0.102. The Morgan fingerprint density at radius 3 is 2.46 bits per heavy atom. The average Bonchev–Trinajstić information content (AvgIpc) is 3.09. The van der Waals surface area contributed by atoms with Gasteiger partial charge in [-0.3, -0.25) is 4.79 Å². The fraction of sp³-hybridized carbons (Fsp3) is 0.0952. The van der Waals surface area contributed by atoms with Crippen LogP contribution < -0.4 is 5.32 Å². The highest BCUT2D eigenvalue weighted by atomic mass is 127. The second-order valence-electron chi connectivity index (χ2n) is 6.54. The van der Waals surface area contributed by atoms with E-state index in [-0.39, 0.29) is 5.91 Å². The average molecular weight is 594 g/mol. The van der Waals surface area contributed by atoms with Gasteiger partial charge in [0.2, 0.25) is 0 Å².